The zero-order valence-corrected chi connectivity index (χ0v) is 7.96. The van der Waals surface area contributed by atoms with Crippen molar-refractivity contribution >= 4 is 0 Å². The van der Waals surface area contributed by atoms with E-state index in [0.717, 1.165) is 19.0 Å². The molecular formula is C11H16N2. The molecule has 1 aliphatic rings. The molecule has 0 bridgehead atoms. The van der Waals surface area contributed by atoms with Gasteiger partial charge in [-0.2, -0.15) is 0 Å². The number of hydrogen-bond acceptors (Lipinski definition) is 2. The van der Waals surface area contributed by atoms with Gasteiger partial charge in [0, 0.05) is 25.0 Å². The second-order valence-corrected chi connectivity index (χ2v) is 3.60. The molecule has 0 aromatic heterocycles. The first kappa shape index (κ1) is 8.73. The summed E-state index contributed by atoms with van der Waals surface area (Å²) in [4.78, 5) is 0. The molecule has 2 nitrogen and oxygen atoms in total. The summed E-state index contributed by atoms with van der Waals surface area (Å²) >= 11 is 0. The SMILES string of the molecule is CNC(c1ccccc1)C1CNC1. The molecular weight excluding hydrogens is 160 g/mol. The fourth-order valence-corrected chi connectivity index (χ4v) is 1.88. The van der Waals surface area contributed by atoms with Crippen LogP contribution >= 0.6 is 0 Å². The van der Waals surface area contributed by atoms with Crippen molar-refractivity contribution in [2.45, 2.75) is 6.04 Å². The minimum Gasteiger partial charge on any atom is -0.316 e. The Labute approximate surface area is 79.4 Å². The monoisotopic (exact) mass is 176 g/mol. The molecule has 1 aromatic carbocycles. The van der Waals surface area contributed by atoms with Gasteiger partial charge in [0.25, 0.3) is 0 Å². The lowest BCUT2D eigenvalue weighted by atomic mass is 9.89. The molecule has 1 unspecified atom stereocenters. The molecule has 1 atom stereocenters. The molecule has 1 aromatic rings. The molecule has 2 rings (SSSR count). The Morgan fingerprint density at radius 3 is 2.46 bits per heavy atom. The largest absolute Gasteiger partial charge is 0.316 e. The summed E-state index contributed by atoms with van der Waals surface area (Å²) in [6, 6.07) is 11.2. The van der Waals surface area contributed by atoms with Crippen molar-refractivity contribution in [1.29, 1.82) is 0 Å². The van der Waals surface area contributed by atoms with Crippen molar-refractivity contribution in [1.82, 2.24) is 10.6 Å². The molecule has 0 amide bonds. The van der Waals surface area contributed by atoms with Crippen molar-refractivity contribution in [3.05, 3.63) is 35.9 Å². The lowest BCUT2D eigenvalue weighted by Crippen LogP contribution is -2.48. The average molecular weight is 176 g/mol. The van der Waals surface area contributed by atoms with Gasteiger partial charge in [0.05, 0.1) is 0 Å². The van der Waals surface area contributed by atoms with E-state index in [1.54, 1.807) is 0 Å². The summed E-state index contributed by atoms with van der Waals surface area (Å²) in [6.45, 7) is 2.28. The summed E-state index contributed by atoms with van der Waals surface area (Å²) in [6.07, 6.45) is 0. The fraction of sp³-hybridized carbons (Fsp3) is 0.455. The highest BCUT2D eigenvalue weighted by Crippen LogP contribution is 2.24. The average Bonchev–Trinajstić information content (AvgIpc) is 2.12. The van der Waals surface area contributed by atoms with Gasteiger partial charge in [-0.3, -0.25) is 0 Å². The van der Waals surface area contributed by atoms with Crippen LogP contribution in [0.3, 0.4) is 0 Å². The maximum Gasteiger partial charge on any atom is 0.0370 e. The highest BCUT2D eigenvalue weighted by atomic mass is 15.0. The Morgan fingerprint density at radius 2 is 2.00 bits per heavy atom. The van der Waals surface area contributed by atoms with E-state index in [0.29, 0.717) is 6.04 Å². The maximum atomic E-state index is 3.38. The Kier molecular flexibility index (Phi) is 2.62. The highest BCUT2D eigenvalue weighted by Gasteiger charge is 2.26. The Balaban J connectivity index is 2.12. The first-order valence-corrected chi connectivity index (χ1v) is 4.84. The molecule has 70 valence electrons. The summed E-state index contributed by atoms with van der Waals surface area (Å²) in [5.41, 5.74) is 1.40. The third-order valence-electron chi connectivity index (χ3n) is 2.75. The minimum absolute atomic E-state index is 0.516. The van der Waals surface area contributed by atoms with E-state index >= 15 is 0 Å². The van der Waals surface area contributed by atoms with Gasteiger partial charge < -0.3 is 10.6 Å². The first-order chi connectivity index (χ1) is 6.42. The van der Waals surface area contributed by atoms with Crippen LogP contribution in [0.1, 0.15) is 11.6 Å². The van der Waals surface area contributed by atoms with E-state index in [-0.39, 0.29) is 0 Å². The van der Waals surface area contributed by atoms with Gasteiger partial charge in [0.1, 0.15) is 0 Å². The smallest absolute Gasteiger partial charge is 0.0370 e. The third kappa shape index (κ3) is 1.74. The molecule has 0 spiro atoms. The van der Waals surface area contributed by atoms with Crippen molar-refractivity contribution < 1.29 is 0 Å². The fourth-order valence-electron chi connectivity index (χ4n) is 1.88. The van der Waals surface area contributed by atoms with E-state index in [9.17, 15) is 0 Å². The van der Waals surface area contributed by atoms with E-state index in [2.05, 4.69) is 41.0 Å². The molecule has 0 radical (unpaired) electrons. The van der Waals surface area contributed by atoms with Crippen molar-refractivity contribution in [2.24, 2.45) is 5.92 Å². The number of rotatable bonds is 3. The summed E-state index contributed by atoms with van der Waals surface area (Å²) in [5, 5.41) is 6.69. The molecule has 1 saturated heterocycles. The maximum absolute atomic E-state index is 3.38. The van der Waals surface area contributed by atoms with Crippen LogP contribution < -0.4 is 10.6 Å². The Morgan fingerprint density at radius 1 is 1.31 bits per heavy atom. The van der Waals surface area contributed by atoms with Crippen molar-refractivity contribution in [3.63, 3.8) is 0 Å². The van der Waals surface area contributed by atoms with Crippen LogP contribution in [0, 0.1) is 5.92 Å². The van der Waals surface area contributed by atoms with Crippen LogP contribution in [-0.2, 0) is 0 Å². The van der Waals surface area contributed by atoms with E-state index in [4.69, 9.17) is 0 Å². The highest BCUT2D eigenvalue weighted by molar-refractivity contribution is 5.20. The van der Waals surface area contributed by atoms with E-state index in [1.807, 2.05) is 7.05 Å². The topological polar surface area (TPSA) is 24.1 Å². The van der Waals surface area contributed by atoms with Gasteiger partial charge in [0.2, 0.25) is 0 Å². The summed E-state index contributed by atoms with van der Waals surface area (Å²) in [5.74, 6) is 0.757. The molecule has 1 aliphatic heterocycles. The number of benzene rings is 1. The predicted molar refractivity (Wildman–Crippen MR) is 54.6 cm³/mol. The van der Waals surface area contributed by atoms with Gasteiger partial charge in [-0.05, 0) is 12.6 Å². The van der Waals surface area contributed by atoms with Gasteiger partial charge in [-0.25, -0.2) is 0 Å². The van der Waals surface area contributed by atoms with Gasteiger partial charge in [-0.1, -0.05) is 30.3 Å². The molecule has 13 heavy (non-hydrogen) atoms. The van der Waals surface area contributed by atoms with Crippen LogP contribution in [0.25, 0.3) is 0 Å². The zero-order chi connectivity index (χ0) is 9.10. The first-order valence-electron chi connectivity index (χ1n) is 4.84. The Bertz CT molecular complexity index is 254. The lowest BCUT2D eigenvalue weighted by Gasteiger charge is -2.34. The third-order valence-corrected chi connectivity index (χ3v) is 2.75. The summed E-state index contributed by atoms with van der Waals surface area (Å²) < 4.78 is 0. The standard InChI is InChI=1S/C11H16N2/c1-12-11(10-7-13-8-10)9-5-3-2-4-6-9/h2-6,10-13H,7-8H2,1H3. The molecule has 2 N–H and O–H groups in total. The molecule has 1 heterocycles. The molecule has 0 aliphatic carbocycles. The van der Waals surface area contributed by atoms with Gasteiger partial charge >= 0.3 is 0 Å². The van der Waals surface area contributed by atoms with Crippen LogP contribution in [0.2, 0.25) is 0 Å². The predicted octanol–water partition coefficient (Wildman–Crippen LogP) is 1.17. The van der Waals surface area contributed by atoms with Crippen molar-refractivity contribution in [3.8, 4) is 0 Å². The van der Waals surface area contributed by atoms with Crippen LogP contribution in [0.4, 0.5) is 0 Å². The van der Waals surface area contributed by atoms with E-state index < -0.39 is 0 Å². The van der Waals surface area contributed by atoms with Gasteiger partial charge in [0.15, 0.2) is 0 Å². The molecule has 0 saturated carbocycles. The normalized spacial score (nSPS) is 19.5. The lowest BCUT2D eigenvalue weighted by molar-refractivity contribution is 0.268. The van der Waals surface area contributed by atoms with Crippen molar-refractivity contribution in [2.75, 3.05) is 20.1 Å². The second kappa shape index (κ2) is 3.90. The number of nitrogens with one attached hydrogen (secondary N) is 2. The second-order valence-electron chi connectivity index (χ2n) is 3.60. The van der Waals surface area contributed by atoms with Crippen LogP contribution in [0.5, 0.6) is 0 Å². The molecule has 2 heteroatoms. The van der Waals surface area contributed by atoms with Crippen LogP contribution in [0.15, 0.2) is 30.3 Å². The van der Waals surface area contributed by atoms with E-state index in [1.165, 1.54) is 5.56 Å². The van der Waals surface area contributed by atoms with Crippen LogP contribution in [-0.4, -0.2) is 20.1 Å². The minimum atomic E-state index is 0.516. The number of hydrogen-bond donors (Lipinski definition) is 2. The van der Waals surface area contributed by atoms with Gasteiger partial charge in [-0.15, -0.1) is 0 Å². The molecule has 1 fully saturated rings. The quantitative estimate of drug-likeness (QED) is 0.722. The summed E-state index contributed by atoms with van der Waals surface area (Å²) in [7, 11) is 2.04. The zero-order valence-electron chi connectivity index (χ0n) is 7.96. The Hall–Kier alpha value is -0.860.